The summed E-state index contributed by atoms with van der Waals surface area (Å²) in [6.07, 6.45) is 20.1. The fraction of sp³-hybridized carbons (Fsp3) is 1.00. The summed E-state index contributed by atoms with van der Waals surface area (Å²) in [6.45, 7) is 2.58. The number of unbranched alkanes of at least 4 members (excludes halogenated alkanes) is 11. The number of ether oxygens (including phenoxy) is 1. The molecule has 0 bridgehead atoms. The van der Waals surface area contributed by atoms with Crippen molar-refractivity contribution in [3.05, 3.63) is 0 Å². The largest absolute Gasteiger partial charge is 0.381 e. The molecule has 0 spiro atoms. The quantitative estimate of drug-likeness (QED) is 0.209. The van der Waals surface area contributed by atoms with Crippen LogP contribution in [0.4, 0.5) is 0 Å². The molecular formula is C20H42O4S. The van der Waals surface area contributed by atoms with Gasteiger partial charge in [-0.1, -0.05) is 84.0 Å². The third kappa shape index (κ3) is 20.0. The van der Waals surface area contributed by atoms with E-state index in [-0.39, 0.29) is 0 Å². The van der Waals surface area contributed by atoms with E-state index in [4.69, 9.17) is 8.92 Å². The van der Waals surface area contributed by atoms with Crippen molar-refractivity contribution in [2.45, 2.75) is 109 Å². The van der Waals surface area contributed by atoms with Crippen LogP contribution in [0.3, 0.4) is 0 Å². The molecule has 0 radical (unpaired) electrons. The van der Waals surface area contributed by atoms with Gasteiger partial charge in [-0.15, -0.1) is 0 Å². The average Bonchev–Trinajstić information content (AvgIpc) is 2.56. The van der Waals surface area contributed by atoms with Gasteiger partial charge in [0.15, 0.2) is 0 Å². The molecule has 0 aromatic carbocycles. The topological polar surface area (TPSA) is 52.6 Å². The van der Waals surface area contributed by atoms with Gasteiger partial charge in [0, 0.05) is 7.11 Å². The Hall–Kier alpha value is -0.130. The molecule has 25 heavy (non-hydrogen) atoms. The predicted molar refractivity (Wildman–Crippen MR) is 107 cm³/mol. The summed E-state index contributed by atoms with van der Waals surface area (Å²) < 4.78 is 31.9. The summed E-state index contributed by atoms with van der Waals surface area (Å²) in [5.41, 5.74) is 0. The van der Waals surface area contributed by atoms with Crippen LogP contribution in [0.15, 0.2) is 0 Å². The fourth-order valence-corrected chi connectivity index (χ4v) is 3.52. The third-order valence-corrected chi connectivity index (χ3v) is 5.28. The van der Waals surface area contributed by atoms with Crippen molar-refractivity contribution >= 4 is 10.1 Å². The van der Waals surface area contributed by atoms with Gasteiger partial charge in [-0.05, 0) is 19.3 Å². The van der Waals surface area contributed by atoms with Crippen LogP contribution in [0.2, 0.25) is 0 Å². The third-order valence-electron chi connectivity index (χ3n) is 4.68. The van der Waals surface area contributed by atoms with E-state index in [9.17, 15) is 8.42 Å². The molecule has 0 aromatic heterocycles. The van der Waals surface area contributed by atoms with Crippen LogP contribution in [0.1, 0.15) is 103 Å². The Bertz CT molecular complexity index is 368. The molecule has 1 atom stereocenters. The predicted octanol–water partition coefficient (Wildman–Crippen LogP) is 5.85. The first-order valence-electron chi connectivity index (χ1n) is 10.4. The first-order chi connectivity index (χ1) is 12.0. The zero-order valence-electron chi connectivity index (χ0n) is 16.9. The van der Waals surface area contributed by atoms with E-state index in [0.717, 1.165) is 19.1 Å². The number of hydrogen-bond acceptors (Lipinski definition) is 4. The molecule has 0 rings (SSSR count). The van der Waals surface area contributed by atoms with E-state index in [1.165, 1.54) is 83.5 Å². The maximum atomic E-state index is 10.8. The van der Waals surface area contributed by atoms with Gasteiger partial charge in [0.25, 0.3) is 10.1 Å². The van der Waals surface area contributed by atoms with Gasteiger partial charge < -0.3 is 4.74 Å². The summed E-state index contributed by atoms with van der Waals surface area (Å²) in [5.74, 6) is 0. The van der Waals surface area contributed by atoms with E-state index in [1.54, 1.807) is 0 Å². The van der Waals surface area contributed by atoms with E-state index in [1.807, 2.05) is 7.11 Å². The first-order valence-corrected chi connectivity index (χ1v) is 12.2. The monoisotopic (exact) mass is 378 g/mol. The summed E-state index contributed by atoms with van der Waals surface area (Å²) in [5, 5.41) is 0. The second-order valence-corrected chi connectivity index (χ2v) is 8.85. The lowest BCUT2D eigenvalue weighted by atomic mass is 10.0. The highest BCUT2D eigenvalue weighted by Gasteiger charge is 2.06. The lowest BCUT2D eigenvalue weighted by Gasteiger charge is -2.15. The highest BCUT2D eigenvalue weighted by Crippen LogP contribution is 2.16. The maximum absolute atomic E-state index is 10.8. The lowest BCUT2D eigenvalue weighted by molar-refractivity contribution is 0.0832. The molecule has 0 amide bonds. The average molecular weight is 379 g/mol. The normalized spacial score (nSPS) is 13.2. The minimum absolute atomic E-state index is 0.331. The minimum Gasteiger partial charge on any atom is -0.381 e. The minimum atomic E-state index is -3.26. The van der Waals surface area contributed by atoms with Crippen LogP contribution in [0, 0.1) is 0 Å². The van der Waals surface area contributed by atoms with E-state index in [0.29, 0.717) is 12.7 Å². The van der Waals surface area contributed by atoms with Crippen molar-refractivity contribution in [2.24, 2.45) is 0 Å². The van der Waals surface area contributed by atoms with Crippen molar-refractivity contribution in [1.29, 1.82) is 0 Å². The molecular weight excluding hydrogens is 336 g/mol. The molecule has 5 heteroatoms. The molecule has 1 unspecified atom stereocenters. The summed E-state index contributed by atoms with van der Waals surface area (Å²) in [4.78, 5) is 0. The molecule has 0 aliphatic heterocycles. The molecule has 152 valence electrons. The number of rotatable bonds is 19. The van der Waals surface area contributed by atoms with Crippen LogP contribution in [-0.4, -0.2) is 34.5 Å². The second-order valence-electron chi connectivity index (χ2n) is 7.20. The fourth-order valence-electron chi connectivity index (χ4n) is 3.10. The van der Waals surface area contributed by atoms with Gasteiger partial charge in [-0.25, -0.2) is 0 Å². The molecule has 0 aromatic rings. The summed E-state index contributed by atoms with van der Waals surface area (Å²) in [6, 6.07) is 0. The van der Waals surface area contributed by atoms with Crippen LogP contribution in [-0.2, 0) is 19.0 Å². The SMILES string of the molecule is CCCCCCC(CCCCCCCCCCCOS(C)(=O)=O)OC. The maximum Gasteiger partial charge on any atom is 0.264 e. The number of methoxy groups -OCH3 is 1. The molecule has 0 fully saturated rings. The van der Waals surface area contributed by atoms with Crippen molar-refractivity contribution in [3.8, 4) is 0 Å². The highest BCUT2D eigenvalue weighted by atomic mass is 32.2. The van der Waals surface area contributed by atoms with Crippen LogP contribution in [0.25, 0.3) is 0 Å². The van der Waals surface area contributed by atoms with Crippen LogP contribution < -0.4 is 0 Å². The van der Waals surface area contributed by atoms with Crippen molar-refractivity contribution in [3.63, 3.8) is 0 Å². The van der Waals surface area contributed by atoms with Crippen molar-refractivity contribution < 1.29 is 17.3 Å². The molecule has 0 aliphatic carbocycles. The zero-order valence-corrected chi connectivity index (χ0v) is 17.7. The Morgan fingerprint density at radius 3 is 1.60 bits per heavy atom. The van der Waals surface area contributed by atoms with Crippen LogP contribution >= 0.6 is 0 Å². The Morgan fingerprint density at radius 1 is 0.720 bits per heavy atom. The molecule has 0 heterocycles. The van der Waals surface area contributed by atoms with Gasteiger partial charge in [0.1, 0.15) is 0 Å². The van der Waals surface area contributed by atoms with Crippen molar-refractivity contribution in [2.75, 3.05) is 20.0 Å². The lowest BCUT2D eigenvalue weighted by Crippen LogP contribution is -2.10. The highest BCUT2D eigenvalue weighted by molar-refractivity contribution is 7.85. The van der Waals surface area contributed by atoms with Gasteiger partial charge in [-0.2, -0.15) is 8.42 Å². The Labute approximate surface area is 157 Å². The van der Waals surface area contributed by atoms with Crippen LogP contribution in [0.5, 0.6) is 0 Å². The Balaban J connectivity index is 3.29. The van der Waals surface area contributed by atoms with Gasteiger partial charge >= 0.3 is 0 Å². The standard InChI is InChI=1S/C20H42O4S/c1-4-5-6-14-17-20(23-2)18-15-12-10-8-7-9-11-13-16-19-24-25(3,21)22/h20H,4-19H2,1-3H3. The second kappa shape index (κ2) is 17.3. The van der Waals surface area contributed by atoms with Gasteiger partial charge in [0.2, 0.25) is 0 Å². The molecule has 4 nitrogen and oxygen atoms in total. The smallest absolute Gasteiger partial charge is 0.264 e. The first kappa shape index (κ1) is 24.9. The van der Waals surface area contributed by atoms with E-state index >= 15 is 0 Å². The molecule has 0 saturated carbocycles. The Kier molecular flexibility index (Phi) is 17.2. The van der Waals surface area contributed by atoms with Gasteiger partial charge in [0.05, 0.1) is 19.0 Å². The molecule has 0 aliphatic rings. The molecule has 0 saturated heterocycles. The molecule has 0 N–H and O–H groups in total. The zero-order chi connectivity index (χ0) is 18.8. The van der Waals surface area contributed by atoms with E-state index < -0.39 is 10.1 Å². The number of hydrogen-bond donors (Lipinski definition) is 0. The summed E-state index contributed by atoms with van der Waals surface area (Å²) in [7, 11) is -1.41. The Morgan fingerprint density at radius 2 is 1.16 bits per heavy atom. The van der Waals surface area contributed by atoms with E-state index in [2.05, 4.69) is 6.92 Å². The van der Waals surface area contributed by atoms with Crippen molar-refractivity contribution in [1.82, 2.24) is 0 Å². The van der Waals surface area contributed by atoms with Gasteiger partial charge in [-0.3, -0.25) is 4.18 Å². The summed E-state index contributed by atoms with van der Waals surface area (Å²) >= 11 is 0.